The van der Waals surface area contributed by atoms with Gasteiger partial charge in [-0.1, -0.05) is 25.8 Å². The van der Waals surface area contributed by atoms with Crippen molar-refractivity contribution in [3.8, 4) is 0 Å². The molecule has 4 N–H and O–H groups in total. The molecule has 1 saturated carbocycles. The fraction of sp³-hybridized carbons (Fsp3) is 0.600. The molecular formula is C15H24N2O. The van der Waals surface area contributed by atoms with Crippen molar-refractivity contribution in [1.82, 2.24) is 0 Å². The Morgan fingerprint density at radius 3 is 2.89 bits per heavy atom. The lowest BCUT2D eigenvalue weighted by Gasteiger charge is -2.40. The molecule has 3 heteroatoms. The van der Waals surface area contributed by atoms with Crippen LogP contribution in [0.3, 0.4) is 0 Å². The largest absolute Gasteiger partial charge is 0.398 e. The van der Waals surface area contributed by atoms with Gasteiger partial charge < -0.3 is 16.2 Å². The van der Waals surface area contributed by atoms with Crippen LogP contribution in [-0.4, -0.2) is 17.3 Å². The lowest BCUT2D eigenvalue weighted by atomic mass is 9.76. The van der Waals surface area contributed by atoms with Crippen LogP contribution in [0.4, 0.5) is 11.4 Å². The summed E-state index contributed by atoms with van der Waals surface area (Å²) in [6, 6.07) is 6.03. The van der Waals surface area contributed by atoms with Gasteiger partial charge in [-0.05, 0) is 43.4 Å². The number of anilines is 2. The molecule has 2 rings (SSSR count). The van der Waals surface area contributed by atoms with Gasteiger partial charge in [0, 0.05) is 11.4 Å². The van der Waals surface area contributed by atoms with Crippen LogP contribution in [0.5, 0.6) is 0 Å². The van der Waals surface area contributed by atoms with E-state index in [1.807, 2.05) is 25.1 Å². The van der Waals surface area contributed by atoms with Crippen LogP contribution < -0.4 is 11.1 Å². The van der Waals surface area contributed by atoms with E-state index >= 15 is 0 Å². The first kappa shape index (κ1) is 13.2. The number of aryl methyl sites for hydroxylation is 1. The van der Waals surface area contributed by atoms with Gasteiger partial charge in [0.15, 0.2) is 0 Å². The monoisotopic (exact) mass is 248 g/mol. The van der Waals surface area contributed by atoms with E-state index in [1.54, 1.807) is 0 Å². The summed E-state index contributed by atoms with van der Waals surface area (Å²) in [4.78, 5) is 0. The Labute approximate surface area is 109 Å². The standard InChI is InChI=1S/C15H24N2O/c1-11-4-3-7-15(9-11,10-18)17-13-6-5-12(2)14(16)8-13/h5-6,8,11,17-18H,3-4,7,9-10,16H2,1-2H3. The Bertz CT molecular complexity index is 419. The lowest BCUT2D eigenvalue weighted by molar-refractivity contribution is 0.149. The summed E-state index contributed by atoms with van der Waals surface area (Å²) in [7, 11) is 0. The van der Waals surface area contributed by atoms with Crippen molar-refractivity contribution < 1.29 is 5.11 Å². The Morgan fingerprint density at radius 2 is 2.28 bits per heavy atom. The number of nitrogens with two attached hydrogens (primary N) is 1. The Kier molecular flexibility index (Phi) is 3.81. The number of aliphatic hydroxyl groups excluding tert-OH is 1. The molecule has 1 aliphatic carbocycles. The molecule has 1 fully saturated rings. The molecule has 0 amide bonds. The van der Waals surface area contributed by atoms with Crippen LogP contribution >= 0.6 is 0 Å². The van der Waals surface area contributed by atoms with Crippen molar-refractivity contribution in [3.63, 3.8) is 0 Å². The minimum atomic E-state index is -0.167. The second kappa shape index (κ2) is 5.19. The highest BCUT2D eigenvalue weighted by Crippen LogP contribution is 2.35. The third-order valence-corrected chi connectivity index (χ3v) is 4.08. The summed E-state index contributed by atoms with van der Waals surface area (Å²) in [5.41, 5.74) is 8.68. The van der Waals surface area contributed by atoms with Crippen molar-refractivity contribution in [3.05, 3.63) is 23.8 Å². The molecular weight excluding hydrogens is 224 g/mol. The first-order valence-electron chi connectivity index (χ1n) is 6.80. The number of benzene rings is 1. The smallest absolute Gasteiger partial charge is 0.0661 e. The molecule has 3 nitrogen and oxygen atoms in total. The zero-order valence-corrected chi connectivity index (χ0v) is 11.4. The van der Waals surface area contributed by atoms with E-state index in [2.05, 4.69) is 12.2 Å². The average Bonchev–Trinajstić information content (AvgIpc) is 2.34. The molecule has 0 radical (unpaired) electrons. The quantitative estimate of drug-likeness (QED) is 0.721. The van der Waals surface area contributed by atoms with Gasteiger partial charge in [0.2, 0.25) is 0 Å². The topological polar surface area (TPSA) is 58.3 Å². The second-order valence-electron chi connectivity index (χ2n) is 5.84. The highest BCUT2D eigenvalue weighted by molar-refractivity contribution is 5.59. The SMILES string of the molecule is Cc1ccc(NC2(CO)CCCC(C)C2)cc1N. The van der Waals surface area contributed by atoms with Gasteiger partial charge in [0.25, 0.3) is 0 Å². The Hall–Kier alpha value is -1.22. The maximum Gasteiger partial charge on any atom is 0.0661 e. The summed E-state index contributed by atoms with van der Waals surface area (Å²) in [6.07, 6.45) is 4.49. The lowest BCUT2D eigenvalue weighted by Crippen LogP contribution is -2.45. The van der Waals surface area contributed by atoms with Crippen LogP contribution in [0.2, 0.25) is 0 Å². The fourth-order valence-electron chi connectivity index (χ4n) is 2.98. The van der Waals surface area contributed by atoms with Gasteiger partial charge in [-0.3, -0.25) is 0 Å². The minimum Gasteiger partial charge on any atom is -0.398 e. The van der Waals surface area contributed by atoms with Crippen molar-refractivity contribution in [1.29, 1.82) is 0 Å². The van der Waals surface area contributed by atoms with Gasteiger partial charge in [-0.25, -0.2) is 0 Å². The van der Waals surface area contributed by atoms with E-state index in [4.69, 9.17) is 5.73 Å². The van der Waals surface area contributed by atoms with E-state index in [0.717, 1.165) is 29.8 Å². The zero-order valence-electron chi connectivity index (χ0n) is 11.4. The predicted molar refractivity (Wildman–Crippen MR) is 76.7 cm³/mol. The highest BCUT2D eigenvalue weighted by atomic mass is 16.3. The van der Waals surface area contributed by atoms with E-state index in [-0.39, 0.29) is 12.1 Å². The predicted octanol–water partition coefficient (Wildman–Crippen LogP) is 2.93. The summed E-state index contributed by atoms with van der Waals surface area (Å²) in [5, 5.41) is 13.3. The number of hydrogen-bond donors (Lipinski definition) is 3. The number of aliphatic hydroxyl groups is 1. The summed E-state index contributed by atoms with van der Waals surface area (Å²) in [6.45, 7) is 4.45. The first-order valence-corrected chi connectivity index (χ1v) is 6.80. The van der Waals surface area contributed by atoms with Crippen molar-refractivity contribution in [2.45, 2.75) is 45.1 Å². The molecule has 0 heterocycles. The molecule has 0 aliphatic heterocycles. The maximum absolute atomic E-state index is 9.75. The van der Waals surface area contributed by atoms with E-state index in [9.17, 15) is 5.11 Å². The number of hydrogen-bond acceptors (Lipinski definition) is 3. The Morgan fingerprint density at radius 1 is 1.50 bits per heavy atom. The number of rotatable bonds is 3. The minimum absolute atomic E-state index is 0.167. The molecule has 0 bridgehead atoms. The van der Waals surface area contributed by atoms with E-state index in [1.165, 1.54) is 12.8 Å². The van der Waals surface area contributed by atoms with Crippen molar-refractivity contribution >= 4 is 11.4 Å². The van der Waals surface area contributed by atoms with Crippen LogP contribution in [0.25, 0.3) is 0 Å². The molecule has 18 heavy (non-hydrogen) atoms. The molecule has 100 valence electrons. The molecule has 1 aromatic rings. The Balaban J connectivity index is 2.16. The van der Waals surface area contributed by atoms with Gasteiger partial charge >= 0.3 is 0 Å². The average molecular weight is 248 g/mol. The fourth-order valence-corrected chi connectivity index (χ4v) is 2.98. The normalized spacial score (nSPS) is 28.1. The second-order valence-corrected chi connectivity index (χ2v) is 5.84. The van der Waals surface area contributed by atoms with Crippen LogP contribution in [0.15, 0.2) is 18.2 Å². The molecule has 2 unspecified atom stereocenters. The molecule has 1 aliphatic rings. The summed E-state index contributed by atoms with van der Waals surface area (Å²) >= 11 is 0. The third-order valence-electron chi connectivity index (χ3n) is 4.08. The van der Waals surface area contributed by atoms with Crippen molar-refractivity contribution in [2.75, 3.05) is 17.7 Å². The van der Waals surface area contributed by atoms with Gasteiger partial charge in [0.1, 0.15) is 0 Å². The van der Waals surface area contributed by atoms with Crippen LogP contribution in [-0.2, 0) is 0 Å². The zero-order chi connectivity index (χ0) is 13.2. The highest BCUT2D eigenvalue weighted by Gasteiger charge is 2.34. The molecule has 0 aromatic heterocycles. The molecule has 0 spiro atoms. The summed E-state index contributed by atoms with van der Waals surface area (Å²) < 4.78 is 0. The maximum atomic E-state index is 9.75. The van der Waals surface area contributed by atoms with Gasteiger partial charge in [0.05, 0.1) is 12.1 Å². The third kappa shape index (κ3) is 2.78. The molecule has 1 aromatic carbocycles. The van der Waals surface area contributed by atoms with Crippen molar-refractivity contribution in [2.24, 2.45) is 5.92 Å². The number of nitrogens with one attached hydrogen (secondary N) is 1. The van der Waals surface area contributed by atoms with Crippen LogP contribution in [0, 0.1) is 12.8 Å². The molecule has 0 saturated heterocycles. The van der Waals surface area contributed by atoms with Gasteiger partial charge in [-0.2, -0.15) is 0 Å². The summed E-state index contributed by atoms with van der Waals surface area (Å²) in [5.74, 6) is 0.668. The van der Waals surface area contributed by atoms with E-state index < -0.39 is 0 Å². The number of nitrogen functional groups attached to an aromatic ring is 1. The first-order chi connectivity index (χ1) is 8.54. The van der Waals surface area contributed by atoms with E-state index in [0.29, 0.717) is 5.92 Å². The van der Waals surface area contributed by atoms with Gasteiger partial charge in [-0.15, -0.1) is 0 Å². The molecule has 2 atom stereocenters. The van der Waals surface area contributed by atoms with Crippen LogP contribution in [0.1, 0.15) is 38.2 Å².